The Morgan fingerprint density at radius 2 is 1.91 bits per heavy atom. The summed E-state index contributed by atoms with van der Waals surface area (Å²) in [5.74, 6) is -3.80. The third-order valence-electron chi connectivity index (χ3n) is 5.34. The molecule has 178 valence electrons. The monoisotopic (exact) mass is 464 g/mol. The number of nitrogens with one attached hydrogen (secondary N) is 1. The molecule has 1 aromatic heterocycles. The second kappa shape index (κ2) is 9.76. The molecule has 0 saturated carbocycles. The quantitative estimate of drug-likeness (QED) is 0.680. The lowest BCUT2D eigenvalue weighted by Crippen LogP contribution is -2.46. The highest BCUT2D eigenvalue weighted by Gasteiger charge is 2.31. The van der Waals surface area contributed by atoms with Crippen LogP contribution in [0, 0.1) is 17.5 Å². The minimum atomic E-state index is -1.31. The number of amides is 2. The van der Waals surface area contributed by atoms with Gasteiger partial charge in [0, 0.05) is 31.3 Å². The van der Waals surface area contributed by atoms with Crippen molar-refractivity contribution in [2.75, 3.05) is 6.54 Å². The molecule has 0 saturated heterocycles. The van der Waals surface area contributed by atoms with Gasteiger partial charge in [-0.05, 0) is 63.8 Å². The molecule has 2 aromatic rings. The van der Waals surface area contributed by atoms with E-state index in [1.807, 2.05) is 13.0 Å². The second-order valence-electron chi connectivity index (χ2n) is 9.06. The molecule has 2 amide bonds. The molecule has 2 heterocycles. The number of fused-ring (bicyclic) bond motifs is 1. The van der Waals surface area contributed by atoms with Crippen LogP contribution < -0.4 is 5.32 Å². The Balaban J connectivity index is 1.79. The summed E-state index contributed by atoms with van der Waals surface area (Å²) in [4.78, 5) is 27.1. The second-order valence-corrected chi connectivity index (χ2v) is 9.06. The highest BCUT2D eigenvalue weighted by atomic mass is 19.2. The van der Waals surface area contributed by atoms with Crippen molar-refractivity contribution in [1.82, 2.24) is 20.4 Å². The van der Waals surface area contributed by atoms with Gasteiger partial charge in [-0.15, -0.1) is 0 Å². The Morgan fingerprint density at radius 3 is 2.61 bits per heavy atom. The molecule has 2 unspecified atom stereocenters. The summed E-state index contributed by atoms with van der Waals surface area (Å²) in [5, 5.41) is 10.6. The number of aromatic nitrogens is 2. The summed E-state index contributed by atoms with van der Waals surface area (Å²) in [7, 11) is 0. The van der Waals surface area contributed by atoms with Crippen molar-refractivity contribution >= 4 is 12.0 Å². The van der Waals surface area contributed by atoms with E-state index in [1.165, 1.54) is 0 Å². The van der Waals surface area contributed by atoms with Gasteiger partial charge in [-0.3, -0.25) is 4.79 Å². The molecule has 2 atom stereocenters. The molecule has 0 aliphatic carbocycles. The molecule has 0 bridgehead atoms. The van der Waals surface area contributed by atoms with E-state index in [4.69, 9.17) is 4.74 Å². The normalized spacial score (nSPS) is 16.7. The largest absolute Gasteiger partial charge is 0.444 e. The van der Waals surface area contributed by atoms with Crippen molar-refractivity contribution in [2.45, 2.75) is 64.6 Å². The minimum Gasteiger partial charge on any atom is -0.444 e. The first-order valence-electron chi connectivity index (χ1n) is 10.7. The van der Waals surface area contributed by atoms with Crippen molar-refractivity contribution in [3.63, 3.8) is 0 Å². The number of alkyl carbamates (subject to hydrolysis) is 1. The molecule has 1 aliphatic heterocycles. The molecule has 0 radical (unpaired) electrons. The van der Waals surface area contributed by atoms with Crippen molar-refractivity contribution < 1.29 is 27.5 Å². The summed E-state index contributed by atoms with van der Waals surface area (Å²) >= 11 is 0. The molecule has 1 N–H and O–H groups in total. The highest BCUT2D eigenvalue weighted by molar-refractivity contribution is 5.78. The maximum atomic E-state index is 14.3. The maximum Gasteiger partial charge on any atom is 0.407 e. The number of nitrogens with zero attached hydrogens (tertiary/aromatic N) is 3. The van der Waals surface area contributed by atoms with E-state index in [0.29, 0.717) is 24.7 Å². The van der Waals surface area contributed by atoms with Crippen LogP contribution in [0.3, 0.4) is 0 Å². The first-order chi connectivity index (χ1) is 15.4. The van der Waals surface area contributed by atoms with Gasteiger partial charge in [0.05, 0.1) is 11.7 Å². The Kier molecular flexibility index (Phi) is 7.24. The topological polar surface area (TPSA) is 84.4 Å². The molecule has 1 aliphatic rings. The van der Waals surface area contributed by atoms with Crippen molar-refractivity contribution in [3.8, 4) is 0 Å². The van der Waals surface area contributed by atoms with Crippen LogP contribution in [0.1, 0.15) is 57.0 Å². The zero-order valence-electron chi connectivity index (χ0n) is 19.0. The number of hydrogen-bond acceptors (Lipinski definition) is 5. The molecule has 10 heteroatoms. The van der Waals surface area contributed by atoms with Gasteiger partial charge >= 0.3 is 6.09 Å². The van der Waals surface area contributed by atoms with E-state index in [1.54, 1.807) is 31.9 Å². The molecule has 3 rings (SSSR count). The van der Waals surface area contributed by atoms with Crippen LogP contribution in [-0.2, 0) is 22.4 Å². The van der Waals surface area contributed by atoms with Gasteiger partial charge in [0.1, 0.15) is 11.4 Å². The zero-order valence-corrected chi connectivity index (χ0v) is 19.0. The van der Waals surface area contributed by atoms with E-state index in [-0.39, 0.29) is 30.4 Å². The summed E-state index contributed by atoms with van der Waals surface area (Å²) < 4.78 is 46.5. The fourth-order valence-corrected chi connectivity index (χ4v) is 3.82. The summed E-state index contributed by atoms with van der Waals surface area (Å²) in [6.45, 7) is 7.30. The summed E-state index contributed by atoms with van der Waals surface area (Å²) in [6, 6.07) is 1.78. The van der Waals surface area contributed by atoms with Crippen molar-refractivity contribution in [3.05, 3.63) is 58.7 Å². The van der Waals surface area contributed by atoms with E-state index in [2.05, 4.69) is 15.5 Å². The molecule has 7 nitrogen and oxygen atoms in total. The van der Waals surface area contributed by atoms with E-state index < -0.39 is 35.2 Å². The standard InChI is InChI=1S/C23H27F3N4O3/c1-13-21-14(5-7-27-29-21)6-8-30(13)20(31)11-16(28-22(32)33-23(2,3)4)9-15-10-18(25)19(26)12-17(15)24/h5,7,10,12-13,16H,6,8-9,11H2,1-4H3,(H,28,32). The van der Waals surface area contributed by atoms with E-state index in [9.17, 15) is 22.8 Å². The smallest absolute Gasteiger partial charge is 0.407 e. The van der Waals surface area contributed by atoms with Gasteiger partial charge in [-0.2, -0.15) is 10.2 Å². The average molecular weight is 464 g/mol. The Morgan fingerprint density at radius 1 is 1.21 bits per heavy atom. The number of hydrogen-bond donors (Lipinski definition) is 1. The van der Waals surface area contributed by atoms with E-state index in [0.717, 1.165) is 11.6 Å². The van der Waals surface area contributed by atoms with Gasteiger partial charge in [-0.1, -0.05) is 0 Å². The number of rotatable bonds is 5. The summed E-state index contributed by atoms with van der Waals surface area (Å²) in [6.07, 6.45) is 0.971. The summed E-state index contributed by atoms with van der Waals surface area (Å²) in [5.41, 5.74) is 0.746. The molecule has 0 fully saturated rings. The van der Waals surface area contributed by atoms with Crippen LogP contribution >= 0.6 is 0 Å². The van der Waals surface area contributed by atoms with Crippen LogP contribution in [0.2, 0.25) is 0 Å². The SMILES string of the molecule is CC1c2nnccc2CCN1C(=O)CC(Cc1cc(F)c(F)cc1F)NC(=O)OC(C)(C)C. The minimum absolute atomic E-state index is 0.161. The zero-order chi connectivity index (χ0) is 24.3. The fourth-order valence-electron chi connectivity index (χ4n) is 3.82. The predicted octanol–water partition coefficient (Wildman–Crippen LogP) is 3.87. The number of halogens is 3. The van der Waals surface area contributed by atoms with Crippen LogP contribution in [0.5, 0.6) is 0 Å². The van der Waals surface area contributed by atoms with Gasteiger partial charge in [0.2, 0.25) is 5.91 Å². The van der Waals surface area contributed by atoms with E-state index >= 15 is 0 Å². The van der Waals surface area contributed by atoms with Crippen molar-refractivity contribution in [1.29, 1.82) is 0 Å². The Hall–Kier alpha value is -3.17. The lowest BCUT2D eigenvalue weighted by atomic mass is 9.97. The van der Waals surface area contributed by atoms with Gasteiger partial charge in [0.25, 0.3) is 0 Å². The van der Waals surface area contributed by atoms with Gasteiger partial charge in [0.15, 0.2) is 11.6 Å². The predicted molar refractivity (Wildman–Crippen MR) is 114 cm³/mol. The third-order valence-corrected chi connectivity index (χ3v) is 5.34. The number of carbonyl (C=O) groups excluding carboxylic acids is 2. The number of ether oxygens (including phenoxy) is 1. The number of benzene rings is 1. The molecule has 0 spiro atoms. The maximum absolute atomic E-state index is 14.3. The molecule has 1 aromatic carbocycles. The fraction of sp³-hybridized carbons (Fsp3) is 0.478. The van der Waals surface area contributed by atoms with Gasteiger partial charge in [-0.25, -0.2) is 18.0 Å². The molecule has 33 heavy (non-hydrogen) atoms. The molecular formula is C23H27F3N4O3. The Bertz CT molecular complexity index is 1040. The van der Waals surface area contributed by atoms with Gasteiger partial charge < -0.3 is 15.0 Å². The van der Waals surface area contributed by atoms with Crippen LogP contribution in [0.4, 0.5) is 18.0 Å². The molecular weight excluding hydrogens is 437 g/mol. The lowest BCUT2D eigenvalue weighted by molar-refractivity contribution is -0.134. The van der Waals surface area contributed by atoms with Crippen LogP contribution in [-0.4, -0.2) is 45.3 Å². The highest BCUT2D eigenvalue weighted by Crippen LogP contribution is 2.28. The van der Waals surface area contributed by atoms with Crippen LogP contribution in [0.15, 0.2) is 24.4 Å². The first-order valence-corrected chi connectivity index (χ1v) is 10.7. The number of carbonyl (C=O) groups is 2. The third kappa shape index (κ3) is 6.21. The van der Waals surface area contributed by atoms with Crippen LogP contribution in [0.25, 0.3) is 0 Å². The first kappa shape index (κ1) is 24.5. The van der Waals surface area contributed by atoms with Crippen molar-refractivity contribution in [2.24, 2.45) is 0 Å². The Labute approximate surface area is 190 Å². The lowest BCUT2D eigenvalue weighted by Gasteiger charge is -2.35. The average Bonchev–Trinajstić information content (AvgIpc) is 2.71.